The number of carbonyl (C=O) groups is 2. The first-order chi connectivity index (χ1) is 4.91. The summed E-state index contributed by atoms with van der Waals surface area (Å²) < 4.78 is 0. The van der Waals surface area contributed by atoms with Gasteiger partial charge in [-0.05, 0) is 11.6 Å². The fourth-order valence-electron chi connectivity index (χ4n) is 0. The molecule has 0 aromatic rings. The first-order valence-corrected chi connectivity index (χ1v) is 3.75. The van der Waals surface area contributed by atoms with Crippen molar-refractivity contribution in [3.63, 3.8) is 0 Å². The Kier molecular flexibility index (Phi) is 9.47. The lowest BCUT2D eigenvalue weighted by Gasteiger charge is -2.02. The largest absolute Gasteiger partial charge is 0.349 e. The Hall–Kier alpha value is -0.280. The van der Waals surface area contributed by atoms with Gasteiger partial charge in [-0.25, -0.2) is 0 Å². The summed E-state index contributed by atoms with van der Waals surface area (Å²) in [5.74, 6) is -0.00309. The van der Waals surface area contributed by atoms with Crippen LogP contribution in [0.25, 0.3) is 0 Å². The van der Waals surface area contributed by atoms with Crippen LogP contribution in [0.3, 0.4) is 0 Å². The van der Waals surface area contributed by atoms with Crippen molar-refractivity contribution < 1.29 is 9.59 Å². The zero-order chi connectivity index (χ0) is 9.44. The Balaban J connectivity index is 0. The molecule has 0 rings (SSSR count). The maximum atomic E-state index is 10.1. The van der Waals surface area contributed by atoms with Gasteiger partial charge in [-0.2, -0.15) is 0 Å². The van der Waals surface area contributed by atoms with E-state index in [0.717, 1.165) is 0 Å². The molecule has 1 amide bonds. The molecule has 0 fully saturated rings. The molecule has 0 aromatic carbocycles. The van der Waals surface area contributed by atoms with Crippen molar-refractivity contribution in [2.75, 3.05) is 20.0 Å². The lowest BCUT2D eigenvalue weighted by Crippen LogP contribution is -2.17. The lowest BCUT2D eigenvalue weighted by molar-refractivity contribution is -0.126. The summed E-state index contributed by atoms with van der Waals surface area (Å²) >= 11 is 9.55. The van der Waals surface area contributed by atoms with Gasteiger partial charge in [0.1, 0.15) is 0 Å². The van der Waals surface area contributed by atoms with E-state index in [9.17, 15) is 9.59 Å². The molecule has 0 aromatic heterocycles. The molecule has 0 atom stereocenters. The van der Waals surface area contributed by atoms with Crippen molar-refractivity contribution >= 4 is 34.4 Å². The standard InChI is InChI=1S/C4H9NO.C2H2Cl2O/c1-4(6)5(2)3;3-1-2(4)5/h1-3H3;1H2. The number of alkyl halides is 1. The number of hydrogen-bond donors (Lipinski definition) is 0. The molecule has 0 spiro atoms. The van der Waals surface area contributed by atoms with Crippen LogP contribution in [0.4, 0.5) is 0 Å². The summed E-state index contributed by atoms with van der Waals surface area (Å²) in [6.07, 6.45) is 0. The lowest BCUT2D eigenvalue weighted by atomic mass is 10.7. The smallest absolute Gasteiger partial charge is 0.236 e. The SMILES string of the molecule is CC(=O)N(C)C.O=C(Cl)CCl. The van der Waals surface area contributed by atoms with Gasteiger partial charge in [-0.15, -0.1) is 11.6 Å². The number of hydrogen-bond acceptors (Lipinski definition) is 2. The van der Waals surface area contributed by atoms with Crippen LogP contribution in [-0.2, 0) is 9.59 Å². The maximum Gasteiger partial charge on any atom is 0.236 e. The van der Waals surface area contributed by atoms with Crippen LogP contribution in [0.1, 0.15) is 6.92 Å². The van der Waals surface area contributed by atoms with Crippen LogP contribution in [-0.4, -0.2) is 36.0 Å². The molecule has 0 bridgehead atoms. The van der Waals surface area contributed by atoms with Crippen molar-refractivity contribution in [1.29, 1.82) is 0 Å². The molecule has 11 heavy (non-hydrogen) atoms. The molecule has 3 nitrogen and oxygen atoms in total. The van der Waals surface area contributed by atoms with Gasteiger partial charge in [0.2, 0.25) is 11.1 Å². The molecule has 5 heteroatoms. The van der Waals surface area contributed by atoms with Gasteiger partial charge in [0.15, 0.2) is 0 Å². The van der Waals surface area contributed by atoms with E-state index in [0.29, 0.717) is 0 Å². The topological polar surface area (TPSA) is 37.4 Å². The number of rotatable bonds is 1. The second kappa shape index (κ2) is 7.82. The molecule has 0 aliphatic heterocycles. The molecule has 0 radical (unpaired) electrons. The Labute approximate surface area is 76.3 Å². The molecule has 0 aliphatic carbocycles. The molecular weight excluding hydrogens is 189 g/mol. The van der Waals surface area contributed by atoms with Crippen molar-refractivity contribution in [2.24, 2.45) is 0 Å². The highest BCUT2D eigenvalue weighted by atomic mass is 35.5. The Morgan fingerprint density at radius 3 is 1.55 bits per heavy atom. The maximum absolute atomic E-state index is 10.1. The van der Waals surface area contributed by atoms with Gasteiger partial charge >= 0.3 is 0 Å². The Bertz CT molecular complexity index is 137. The van der Waals surface area contributed by atoms with Crippen molar-refractivity contribution in [1.82, 2.24) is 4.90 Å². The predicted octanol–water partition coefficient (Wildman–Crippen LogP) is 1.09. The van der Waals surface area contributed by atoms with Crippen LogP contribution in [0.2, 0.25) is 0 Å². The fraction of sp³-hybridized carbons (Fsp3) is 0.667. The van der Waals surface area contributed by atoms with Gasteiger partial charge in [-0.1, -0.05) is 0 Å². The second-order valence-electron chi connectivity index (χ2n) is 1.90. The zero-order valence-corrected chi connectivity index (χ0v) is 8.24. The quantitative estimate of drug-likeness (QED) is 0.469. The summed E-state index contributed by atoms with van der Waals surface area (Å²) in [6, 6.07) is 0. The first kappa shape index (κ1) is 13.3. The minimum atomic E-state index is -0.508. The molecule has 66 valence electrons. The van der Waals surface area contributed by atoms with Crippen LogP contribution in [0.15, 0.2) is 0 Å². The first-order valence-electron chi connectivity index (χ1n) is 2.84. The van der Waals surface area contributed by atoms with E-state index in [4.69, 9.17) is 23.2 Å². The van der Waals surface area contributed by atoms with E-state index in [1.165, 1.54) is 11.8 Å². The third kappa shape index (κ3) is 17.7. The van der Waals surface area contributed by atoms with Gasteiger partial charge in [0, 0.05) is 21.0 Å². The average molecular weight is 200 g/mol. The summed E-state index contributed by atoms with van der Waals surface area (Å²) in [5.41, 5.74) is 0. The van der Waals surface area contributed by atoms with Crippen molar-refractivity contribution in [3.8, 4) is 0 Å². The summed E-state index contributed by atoms with van der Waals surface area (Å²) in [4.78, 5) is 21.0. The van der Waals surface area contributed by atoms with Crippen molar-refractivity contribution in [3.05, 3.63) is 0 Å². The third-order valence-electron chi connectivity index (χ3n) is 0.735. The van der Waals surface area contributed by atoms with Gasteiger partial charge in [-0.3, -0.25) is 9.59 Å². The molecule has 0 N–H and O–H groups in total. The number of nitrogens with zero attached hydrogens (tertiary/aromatic N) is 1. The second-order valence-corrected chi connectivity index (χ2v) is 2.59. The third-order valence-corrected chi connectivity index (χ3v) is 1.25. The highest BCUT2D eigenvalue weighted by molar-refractivity contribution is 6.67. The van der Waals surface area contributed by atoms with E-state index in [2.05, 4.69) is 0 Å². The van der Waals surface area contributed by atoms with Gasteiger partial charge < -0.3 is 4.90 Å². The van der Waals surface area contributed by atoms with Crippen LogP contribution in [0.5, 0.6) is 0 Å². The highest BCUT2D eigenvalue weighted by Gasteiger charge is 1.87. The Morgan fingerprint density at radius 1 is 1.36 bits per heavy atom. The van der Waals surface area contributed by atoms with Crippen LogP contribution < -0.4 is 0 Å². The van der Waals surface area contributed by atoms with Crippen molar-refractivity contribution in [2.45, 2.75) is 6.92 Å². The average Bonchev–Trinajstić information content (AvgIpc) is 1.89. The predicted molar refractivity (Wildman–Crippen MR) is 45.9 cm³/mol. The normalized spacial score (nSPS) is 7.73. The summed E-state index contributed by atoms with van der Waals surface area (Å²) in [5, 5.41) is -0.508. The number of carbonyl (C=O) groups excluding carboxylic acids is 2. The number of amides is 1. The Morgan fingerprint density at radius 2 is 1.55 bits per heavy atom. The molecule has 0 saturated carbocycles. The van der Waals surface area contributed by atoms with E-state index in [-0.39, 0.29) is 11.8 Å². The minimum Gasteiger partial charge on any atom is -0.349 e. The van der Waals surface area contributed by atoms with Crippen LogP contribution in [0, 0.1) is 0 Å². The highest BCUT2D eigenvalue weighted by Crippen LogP contribution is 1.80. The molecule has 0 saturated heterocycles. The molecule has 0 aliphatic rings. The molecule has 0 unspecified atom stereocenters. The van der Waals surface area contributed by atoms with E-state index < -0.39 is 5.24 Å². The summed E-state index contributed by atoms with van der Waals surface area (Å²) in [7, 11) is 3.45. The van der Waals surface area contributed by atoms with Crippen LogP contribution >= 0.6 is 23.2 Å². The monoisotopic (exact) mass is 199 g/mol. The van der Waals surface area contributed by atoms with Gasteiger partial charge in [0.25, 0.3) is 0 Å². The number of halogens is 2. The van der Waals surface area contributed by atoms with Gasteiger partial charge in [0.05, 0.1) is 5.88 Å². The molecule has 0 heterocycles. The van der Waals surface area contributed by atoms with E-state index in [1.807, 2.05) is 0 Å². The zero-order valence-electron chi connectivity index (χ0n) is 6.73. The molecular formula is C6H11Cl2NO2. The van der Waals surface area contributed by atoms with E-state index in [1.54, 1.807) is 14.1 Å². The van der Waals surface area contributed by atoms with E-state index >= 15 is 0 Å². The minimum absolute atomic E-state index is 0.0926. The summed E-state index contributed by atoms with van der Waals surface area (Å²) in [6.45, 7) is 1.53. The fourth-order valence-corrected chi connectivity index (χ4v) is 0.